The number of ether oxygens (including phenoxy) is 2. The van der Waals surface area contributed by atoms with E-state index in [9.17, 15) is 14.0 Å². The van der Waals surface area contributed by atoms with Crippen molar-refractivity contribution < 1.29 is 23.5 Å². The standard InChI is InChI=1S/C21H22Cl2FNO4/c1-12(15-10-18(24)17(23)11-16(15)22)25-21(27)5-4-8-29-19-7-6-14(13(2)26)9-20(19)28-3/h6-7,9-12H,4-5,8H2,1-3H3,(H,25,27). The van der Waals surface area contributed by atoms with Crippen LogP contribution in [0.4, 0.5) is 4.39 Å². The van der Waals surface area contributed by atoms with Crippen LogP contribution >= 0.6 is 23.2 Å². The number of halogens is 3. The van der Waals surface area contributed by atoms with Crippen LogP contribution in [0.1, 0.15) is 48.7 Å². The zero-order valence-electron chi connectivity index (χ0n) is 16.4. The summed E-state index contributed by atoms with van der Waals surface area (Å²) in [6.07, 6.45) is 0.671. The molecule has 5 nitrogen and oxygen atoms in total. The highest BCUT2D eigenvalue weighted by Gasteiger charge is 2.16. The quantitative estimate of drug-likeness (QED) is 0.322. The molecule has 0 saturated heterocycles. The van der Waals surface area contributed by atoms with Crippen LogP contribution in [0.15, 0.2) is 30.3 Å². The van der Waals surface area contributed by atoms with Gasteiger partial charge in [-0.15, -0.1) is 0 Å². The van der Waals surface area contributed by atoms with Gasteiger partial charge in [0.15, 0.2) is 17.3 Å². The van der Waals surface area contributed by atoms with Crippen molar-refractivity contribution >= 4 is 34.9 Å². The van der Waals surface area contributed by atoms with Crippen LogP contribution in [0.3, 0.4) is 0 Å². The molecule has 0 spiro atoms. The highest BCUT2D eigenvalue weighted by atomic mass is 35.5. The van der Waals surface area contributed by atoms with E-state index in [2.05, 4.69) is 5.32 Å². The van der Waals surface area contributed by atoms with E-state index in [1.807, 2.05) is 0 Å². The van der Waals surface area contributed by atoms with Crippen molar-refractivity contribution in [3.8, 4) is 11.5 Å². The number of hydrogen-bond donors (Lipinski definition) is 1. The first-order chi connectivity index (χ1) is 13.7. The second-order valence-electron chi connectivity index (χ2n) is 6.45. The largest absolute Gasteiger partial charge is 0.493 e. The summed E-state index contributed by atoms with van der Waals surface area (Å²) in [6, 6.07) is 6.99. The van der Waals surface area contributed by atoms with Gasteiger partial charge in [-0.05, 0) is 56.2 Å². The molecule has 0 aromatic heterocycles. The zero-order valence-corrected chi connectivity index (χ0v) is 17.9. The normalized spacial score (nSPS) is 11.7. The van der Waals surface area contributed by atoms with Crippen LogP contribution in [-0.4, -0.2) is 25.4 Å². The SMILES string of the molecule is COc1cc(C(C)=O)ccc1OCCCC(=O)NC(C)c1cc(F)c(Cl)cc1Cl. The Morgan fingerprint density at radius 3 is 2.52 bits per heavy atom. The molecule has 1 N–H and O–H groups in total. The molecule has 0 bridgehead atoms. The van der Waals surface area contributed by atoms with Crippen molar-refractivity contribution in [3.63, 3.8) is 0 Å². The molecule has 0 aliphatic carbocycles. The highest BCUT2D eigenvalue weighted by molar-refractivity contribution is 6.35. The third kappa shape index (κ3) is 6.34. The lowest BCUT2D eigenvalue weighted by Gasteiger charge is -2.16. The summed E-state index contributed by atoms with van der Waals surface area (Å²) in [6.45, 7) is 3.47. The summed E-state index contributed by atoms with van der Waals surface area (Å²) in [5.41, 5.74) is 0.980. The Balaban J connectivity index is 1.84. The van der Waals surface area contributed by atoms with Crippen molar-refractivity contribution in [2.45, 2.75) is 32.7 Å². The highest BCUT2D eigenvalue weighted by Crippen LogP contribution is 2.29. The summed E-state index contributed by atoms with van der Waals surface area (Å²) < 4.78 is 24.5. The third-order valence-electron chi connectivity index (χ3n) is 4.26. The number of ketones is 1. The smallest absolute Gasteiger partial charge is 0.220 e. The fraction of sp³-hybridized carbons (Fsp3) is 0.333. The minimum atomic E-state index is -0.592. The maximum atomic E-state index is 13.6. The Bertz CT molecular complexity index is 904. The number of Topliss-reactive ketones (excluding diaryl/α,β-unsaturated/α-hetero) is 1. The van der Waals surface area contributed by atoms with Gasteiger partial charge in [0.1, 0.15) is 5.82 Å². The average Bonchev–Trinajstić information content (AvgIpc) is 2.67. The van der Waals surface area contributed by atoms with Crippen LogP contribution in [-0.2, 0) is 4.79 Å². The topological polar surface area (TPSA) is 64.6 Å². The number of carbonyl (C=O) groups excluding carboxylic acids is 2. The van der Waals surface area contributed by atoms with Crippen molar-refractivity contribution in [2.24, 2.45) is 0 Å². The first-order valence-corrected chi connectivity index (χ1v) is 9.74. The second-order valence-corrected chi connectivity index (χ2v) is 7.27. The molecular formula is C21H22Cl2FNO4. The van der Waals surface area contributed by atoms with Gasteiger partial charge < -0.3 is 14.8 Å². The number of rotatable bonds is 9. The summed E-state index contributed by atoms with van der Waals surface area (Å²) in [5.74, 6) is 0.0721. The van der Waals surface area contributed by atoms with Crippen LogP contribution in [0, 0.1) is 5.82 Å². The molecule has 0 aliphatic heterocycles. The van der Waals surface area contributed by atoms with E-state index in [4.69, 9.17) is 32.7 Å². The number of amides is 1. The molecule has 2 aromatic carbocycles. The minimum absolute atomic E-state index is 0.0682. The molecule has 0 aliphatic rings. The number of nitrogens with one attached hydrogen (secondary N) is 1. The van der Waals surface area contributed by atoms with Gasteiger partial charge in [-0.3, -0.25) is 9.59 Å². The van der Waals surface area contributed by atoms with Crippen molar-refractivity contribution in [3.05, 3.63) is 57.3 Å². The maximum absolute atomic E-state index is 13.6. The molecule has 2 aromatic rings. The van der Waals surface area contributed by atoms with Gasteiger partial charge >= 0.3 is 0 Å². The van der Waals surface area contributed by atoms with Gasteiger partial charge in [-0.25, -0.2) is 4.39 Å². The predicted octanol–water partition coefficient (Wildman–Crippen LogP) is 5.38. The molecule has 1 unspecified atom stereocenters. The molecular weight excluding hydrogens is 420 g/mol. The molecule has 0 fully saturated rings. The van der Waals surface area contributed by atoms with Crippen LogP contribution in [0.5, 0.6) is 11.5 Å². The lowest BCUT2D eigenvalue weighted by atomic mass is 10.1. The van der Waals surface area contributed by atoms with Gasteiger partial charge in [0.05, 0.1) is 24.8 Å². The van der Waals surface area contributed by atoms with Crippen molar-refractivity contribution in [1.29, 1.82) is 0 Å². The van der Waals surface area contributed by atoms with E-state index in [1.54, 1.807) is 25.1 Å². The van der Waals surface area contributed by atoms with Gasteiger partial charge in [0.2, 0.25) is 5.91 Å². The van der Waals surface area contributed by atoms with Crippen LogP contribution < -0.4 is 14.8 Å². The number of benzene rings is 2. The molecule has 156 valence electrons. The molecule has 2 rings (SSSR count). The number of carbonyl (C=O) groups is 2. The molecule has 8 heteroatoms. The average molecular weight is 442 g/mol. The number of methoxy groups -OCH3 is 1. The predicted molar refractivity (Wildman–Crippen MR) is 111 cm³/mol. The molecule has 0 saturated carbocycles. The Labute approximate surface area is 179 Å². The lowest BCUT2D eigenvalue weighted by molar-refractivity contribution is -0.121. The third-order valence-corrected chi connectivity index (χ3v) is 4.88. The van der Waals surface area contributed by atoms with Gasteiger partial charge in [-0.2, -0.15) is 0 Å². The zero-order chi connectivity index (χ0) is 21.6. The molecule has 1 amide bonds. The molecule has 1 atom stereocenters. The van der Waals surface area contributed by atoms with E-state index in [-0.39, 0.29) is 34.8 Å². The van der Waals surface area contributed by atoms with Crippen molar-refractivity contribution in [1.82, 2.24) is 5.32 Å². The molecule has 29 heavy (non-hydrogen) atoms. The van der Waals surface area contributed by atoms with Crippen LogP contribution in [0.25, 0.3) is 0 Å². The maximum Gasteiger partial charge on any atom is 0.220 e. The van der Waals surface area contributed by atoms with E-state index >= 15 is 0 Å². The summed E-state index contributed by atoms with van der Waals surface area (Å²) >= 11 is 11.8. The second kappa shape index (κ2) is 10.5. The molecule has 0 radical (unpaired) electrons. The van der Waals surface area contributed by atoms with E-state index < -0.39 is 11.9 Å². The van der Waals surface area contributed by atoms with E-state index in [1.165, 1.54) is 26.2 Å². The minimum Gasteiger partial charge on any atom is -0.493 e. The van der Waals surface area contributed by atoms with Crippen molar-refractivity contribution in [2.75, 3.05) is 13.7 Å². The van der Waals surface area contributed by atoms with Gasteiger partial charge in [0, 0.05) is 17.0 Å². The number of hydrogen-bond acceptors (Lipinski definition) is 4. The van der Waals surface area contributed by atoms with Crippen LogP contribution in [0.2, 0.25) is 10.0 Å². The first kappa shape index (κ1) is 23.0. The summed E-state index contributed by atoms with van der Waals surface area (Å²) in [5, 5.41) is 2.99. The molecule has 0 heterocycles. The van der Waals surface area contributed by atoms with E-state index in [0.29, 0.717) is 29.0 Å². The Morgan fingerprint density at radius 2 is 1.86 bits per heavy atom. The Kier molecular flexibility index (Phi) is 8.29. The van der Waals surface area contributed by atoms with Gasteiger partial charge in [-0.1, -0.05) is 23.2 Å². The summed E-state index contributed by atoms with van der Waals surface area (Å²) in [7, 11) is 1.49. The first-order valence-electron chi connectivity index (χ1n) is 8.98. The Hall–Kier alpha value is -2.31. The fourth-order valence-corrected chi connectivity index (χ4v) is 3.23. The fourth-order valence-electron chi connectivity index (χ4n) is 2.68. The lowest BCUT2D eigenvalue weighted by Crippen LogP contribution is -2.27. The monoisotopic (exact) mass is 441 g/mol. The van der Waals surface area contributed by atoms with E-state index in [0.717, 1.165) is 0 Å². The van der Waals surface area contributed by atoms with Gasteiger partial charge in [0.25, 0.3) is 0 Å². The summed E-state index contributed by atoms with van der Waals surface area (Å²) in [4.78, 5) is 23.6. The Morgan fingerprint density at radius 1 is 1.14 bits per heavy atom.